The SMILES string of the molecule is CCc1c(OCc2ccccc2)cc(=O)n2c1-c1ccc(C)cc1CC2. The average molecular weight is 345 g/mol. The molecule has 3 heteroatoms. The van der Waals surface area contributed by atoms with Crippen LogP contribution in [0.1, 0.15) is 29.2 Å². The van der Waals surface area contributed by atoms with E-state index >= 15 is 0 Å². The van der Waals surface area contributed by atoms with Gasteiger partial charge in [-0.25, -0.2) is 0 Å². The average Bonchev–Trinajstić information content (AvgIpc) is 2.66. The van der Waals surface area contributed by atoms with Crippen molar-refractivity contribution in [3.63, 3.8) is 0 Å². The second-order valence-corrected chi connectivity index (χ2v) is 6.86. The van der Waals surface area contributed by atoms with E-state index in [0.29, 0.717) is 12.4 Å². The fourth-order valence-corrected chi connectivity index (χ4v) is 3.80. The molecule has 26 heavy (non-hydrogen) atoms. The highest BCUT2D eigenvalue weighted by atomic mass is 16.5. The molecule has 1 aromatic heterocycles. The number of aryl methyl sites for hydroxylation is 2. The van der Waals surface area contributed by atoms with Crippen LogP contribution in [-0.2, 0) is 26.0 Å². The number of fused-ring (bicyclic) bond motifs is 3. The molecule has 0 bridgehead atoms. The molecular formula is C23H23NO2. The smallest absolute Gasteiger partial charge is 0.254 e. The van der Waals surface area contributed by atoms with Crippen LogP contribution in [-0.4, -0.2) is 4.57 Å². The van der Waals surface area contributed by atoms with Crippen LogP contribution >= 0.6 is 0 Å². The number of nitrogens with zero attached hydrogens (tertiary/aromatic N) is 1. The van der Waals surface area contributed by atoms with E-state index in [2.05, 4.69) is 32.0 Å². The summed E-state index contributed by atoms with van der Waals surface area (Å²) in [6, 6.07) is 18.2. The van der Waals surface area contributed by atoms with Gasteiger partial charge in [-0.05, 0) is 30.9 Å². The largest absolute Gasteiger partial charge is 0.488 e. The topological polar surface area (TPSA) is 31.2 Å². The number of benzene rings is 2. The van der Waals surface area contributed by atoms with Crippen molar-refractivity contribution in [1.29, 1.82) is 0 Å². The molecule has 2 heterocycles. The van der Waals surface area contributed by atoms with Crippen LogP contribution in [0.2, 0.25) is 0 Å². The molecule has 0 saturated carbocycles. The third kappa shape index (κ3) is 2.94. The minimum atomic E-state index is 0.0199. The molecule has 0 fully saturated rings. The summed E-state index contributed by atoms with van der Waals surface area (Å²) in [5.41, 5.74) is 7.01. The fraction of sp³-hybridized carbons (Fsp3) is 0.261. The quantitative estimate of drug-likeness (QED) is 0.696. The van der Waals surface area contributed by atoms with Gasteiger partial charge in [0.15, 0.2) is 0 Å². The summed E-state index contributed by atoms with van der Waals surface area (Å²) >= 11 is 0. The van der Waals surface area contributed by atoms with Gasteiger partial charge in [-0.3, -0.25) is 4.79 Å². The third-order valence-electron chi connectivity index (χ3n) is 5.09. The zero-order valence-corrected chi connectivity index (χ0v) is 15.3. The van der Waals surface area contributed by atoms with E-state index < -0.39 is 0 Å². The van der Waals surface area contributed by atoms with Crippen molar-refractivity contribution >= 4 is 0 Å². The van der Waals surface area contributed by atoms with E-state index in [1.807, 2.05) is 34.9 Å². The lowest BCUT2D eigenvalue weighted by molar-refractivity contribution is 0.301. The summed E-state index contributed by atoms with van der Waals surface area (Å²) in [7, 11) is 0. The highest BCUT2D eigenvalue weighted by molar-refractivity contribution is 5.71. The van der Waals surface area contributed by atoms with Gasteiger partial charge in [0.1, 0.15) is 12.4 Å². The molecule has 3 nitrogen and oxygen atoms in total. The van der Waals surface area contributed by atoms with E-state index in [9.17, 15) is 4.79 Å². The minimum absolute atomic E-state index is 0.0199. The maximum Gasteiger partial charge on any atom is 0.254 e. The lowest BCUT2D eigenvalue weighted by atomic mass is 9.92. The van der Waals surface area contributed by atoms with Crippen LogP contribution in [0.5, 0.6) is 5.75 Å². The first-order valence-corrected chi connectivity index (χ1v) is 9.20. The van der Waals surface area contributed by atoms with Crippen molar-refractivity contribution in [2.45, 2.75) is 39.8 Å². The summed E-state index contributed by atoms with van der Waals surface area (Å²) in [5, 5.41) is 0. The van der Waals surface area contributed by atoms with Gasteiger partial charge in [-0.1, -0.05) is 61.0 Å². The van der Waals surface area contributed by atoms with Crippen LogP contribution in [0, 0.1) is 6.92 Å². The molecule has 0 amide bonds. The van der Waals surface area contributed by atoms with Crippen molar-refractivity contribution in [2.75, 3.05) is 0 Å². The molecule has 0 saturated heterocycles. The van der Waals surface area contributed by atoms with E-state index in [-0.39, 0.29) is 5.56 Å². The van der Waals surface area contributed by atoms with Gasteiger partial charge >= 0.3 is 0 Å². The van der Waals surface area contributed by atoms with Crippen molar-refractivity contribution in [3.05, 3.63) is 87.2 Å². The van der Waals surface area contributed by atoms with Gasteiger partial charge in [0, 0.05) is 23.7 Å². The van der Waals surface area contributed by atoms with Gasteiger partial charge < -0.3 is 9.30 Å². The van der Waals surface area contributed by atoms with Crippen LogP contribution in [0.15, 0.2) is 59.4 Å². The Labute approximate surface area is 153 Å². The molecule has 132 valence electrons. The van der Waals surface area contributed by atoms with Crippen LogP contribution in [0.4, 0.5) is 0 Å². The third-order valence-corrected chi connectivity index (χ3v) is 5.09. The first-order chi connectivity index (χ1) is 12.7. The van der Waals surface area contributed by atoms with Crippen LogP contribution in [0.3, 0.4) is 0 Å². The number of hydrogen-bond acceptors (Lipinski definition) is 2. The van der Waals surface area contributed by atoms with Gasteiger partial charge in [-0.15, -0.1) is 0 Å². The Bertz CT molecular complexity index is 1000. The summed E-state index contributed by atoms with van der Waals surface area (Å²) < 4.78 is 8.00. The molecule has 0 aliphatic carbocycles. The molecule has 0 atom stereocenters. The maximum atomic E-state index is 12.7. The Morgan fingerprint density at radius 3 is 2.65 bits per heavy atom. The summed E-state index contributed by atoms with van der Waals surface area (Å²) in [5.74, 6) is 0.709. The van der Waals surface area contributed by atoms with Crippen molar-refractivity contribution < 1.29 is 4.74 Å². The van der Waals surface area contributed by atoms with Crippen molar-refractivity contribution in [1.82, 2.24) is 4.57 Å². The molecule has 0 spiro atoms. The highest BCUT2D eigenvalue weighted by Crippen LogP contribution is 2.35. The van der Waals surface area contributed by atoms with E-state index in [4.69, 9.17) is 4.74 Å². The maximum absolute atomic E-state index is 12.7. The van der Waals surface area contributed by atoms with Gasteiger partial charge in [0.05, 0.1) is 5.69 Å². The van der Waals surface area contributed by atoms with E-state index in [1.54, 1.807) is 6.07 Å². The van der Waals surface area contributed by atoms with Crippen molar-refractivity contribution in [2.24, 2.45) is 0 Å². The first kappa shape index (κ1) is 16.6. The first-order valence-electron chi connectivity index (χ1n) is 9.20. The Morgan fingerprint density at radius 2 is 1.88 bits per heavy atom. The zero-order chi connectivity index (χ0) is 18.1. The van der Waals surface area contributed by atoms with Crippen LogP contribution in [0.25, 0.3) is 11.3 Å². The number of aromatic nitrogens is 1. The number of rotatable bonds is 4. The predicted octanol–water partition coefficient (Wildman–Crippen LogP) is 4.52. The van der Waals surface area contributed by atoms with E-state index in [0.717, 1.165) is 36.2 Å². The molecule has 3 aromatic rings. The molecule has 2 aromatic carbocycles. The Morgan fingerprint density at radius 1 is 1.08 bits per heavy atom. The Balaban J connectivity index is 1.80. The molecule has 1 aliphatic rings. The molecule has 0 radical (unpaired) electrons. The number of pyridine rings is 1. The summed E-state index contributed by atoms with van der Waals surface area (Å²) in [6.07, 6.45) is 1.73. The monoisotopic (exact) mass is 345 g/mol. The van der Waals surface area contributed by atoms with Gasteiger partial charge in [-0.2, -0.15) is 0 Å². The predicted molar refractivity (Wildman–Crippen MR) is 105 cm³/mol. The molecule has 1 aliphatic heterocycles. The standard InChI is InChI=1S/C23H23NO2/c1-3-19-21(26-15-17-7-5-4-6-8-17)14-22(25)24-12-11-18-13-16(2)9-10-20(18)23(19)24/h4-10,13-14H,3,11-12,15H2,1-2H3. The second kappa shape index (κ2) is 6.83. The Hall–Kier alpha value is -2.81. The summed E-state index contributed by atoms with van der Waals surface area (Å²) in [6.45, 7) is 5.44. The zero-order valence-electron chi connectivity index (χ0n) is 15.3. The van der Waals surface area contributed by atoms with Crippen molar-refractivity contribution in [3.8, 4) is 17.0 Å². The number of ether oxygens (including phenoxy) is 1. The number of hydrogen-bond donors (Lipinski definition) is 0. The lowest BCUT2D eigenvalue weighted by Crippen LogP contribution is -2.27. The minimum Gasteiger partial charge on any atom is -0.488 e. The van der Waals surface area contributed by atoms with Crippen LogP contribution < -0.4 is 10.3 Å². The molecule has 0 N–H and O–H groups in total. The molecular weight excluding hydrogens is 322 g/mol. The van der Waals surface area contributed by atoms with Gasteiger partial charge in [0.25, 0.3) is 5.56 Å². The molecule has 0 unspecified atom stereocenters. The van der Waals surface area contributed by atoms with E-state index in [1.165, 1.54) is 16.7 Å². The second-order valence-electron chi connectivity index (χ2n) is 6.86. The normalized spacial score (nSPS) is 12.4. The fourth-order valence-electron chi connectivity index (χ4n) is 3.80. The summed E-state index contributed by atoms with van der Waals surface area (Å²) in [4.78, 5) is 12.7. The lowest BCUT2D eigenvalue weighted by Gasteiger charge is -2.26. The highest BCUT2D eigenvalue weighted by Gasteiger charge is 2.23. The molecule has 4 rings (SSSR count). The Kier molecular flexibility index (Phi) is 4.37. The van der Waals surface area contributed by atoms with Gasteiger partial charge in [0.2, 0.25) is 0 Å².